The van der Waals surface area contributed by atoms with E-state index in [9.17, 15) is 53.1 Å². The van der Waals surface area contributed by atoms with Crippen molar-refractivity contribution in [2.45, 2.75) is 188 Å². The second-order valence-corrected chi connectivity index (χ2v) is 26.5. The van der Waals surface area contributed by atoms with Crippen molar-refractivity contribution in [2.24, 2.45) is 0 Å². The van der Waals surface area contributed by atoms with E-state index in [2.05, 4.69) is 37.2 Å². The molecule has 2 heterocycles. The molecule has 0 aliphatic carbocycles. The van der Waals surface area contributed by atoms with Gasteiger partial charge in [0.15, 0.2) is 0 Å². The summed E-state index contributed by atoms with van der Waals surface area (Å²) in [6.45, 7) is 22.0. The fourth-order valence-electron chi connectivity index (χ4n) is 8.79. The van der Waals surface area contributed by atoms with Crippen molar-refractivity contribution in [3.63, 3.8) is 0 Å². The molecular weight excluding hydrogens is 965 g/mol. The zero-order valence-corrected chi connectivity index (χ0v) is 45.9. The molecule has 23 heteroatoms. The lowest BCUT2D eigenvalue weighted by Gasteiger charge is -2.32. The van der Waals surface area contributed by atoms with Crippen LogP contribution in [0, 0.1) is 0 Å². The molecule has 0 unspecified atom stereocenters. The van der Waals surface area contributed by atoms with Crippen LogP contribution in [0.3, 0.4) is 0 Å². The minimum absolute atomic E-state index is 0.00491. The summed E-state index contributed by atoms with van der Waals surface area (Å²) in [7, 11) is -2.76. The number of carbonyl (C=O) groups excluding carboxylic acids is 9. The van der Waals surface area contributed by atoms with Crippen LogP contribution in [0.2, 0.25) is 18.1 Å². The van der Waals surface area contributed by atoms with Gasteiger partial charge in [0.2, 0.25) is 35.4 Å². The number of hydrogen-bond donors (Lipinski definition) is 8. The number of esters is 1. The first kappa shape index (κ1) is 60.8. The van der Waals surface area contributed by atoms with Crippen LogP contribution in [0.1, 0.15) is 138 Å². The number of aromatic nitrogens is 1. The second kappa shape index (κ2) is 25.4. The maximum absolute atomic E-state index is 14.9. The molecule has 1 aliphatic rings. The molecule has 0 radical (unpaired) electrons. The highest BCUT2D eigenvalue weighted by atomic mass is 28.3. The number of aliphatic carboxylic acids is 1. The van der Waals surface area contributed by atoms with Gasteiger partial charge in [-0.15, -0.1) is 0 Å². The van der Waals surface area contributed by atoms with E-state index in [1.807, 2.05) is 20.8 Å². The van der Waals surface area contributed by atoms with Gasteiger partial charge in [-0.3, -0.25) is 38.1 Å². The van der Waals surface area contributed by atoms with Gasteiger partial charge in [-0.2, -0.15) is 0 Å². The molecule has 5 atom stereocenters. The van der Waals surface area contributed by atoms with E-state index < -0.39 is 134 Å². The van der Waals surface area contributed by atoms with Gasteiger partial charge in [0.1, 0.15) is 49.0 Å². The molecular formula is C50H78N8O14Si. The van der Waals surface area contributed by atoms with Crippen LogP contribution in [-0.2, 0) is 54.2 Å². The molecule has 7 amide bonds. The number of carboxylic acid groups (broad SMARTS) is 1. The molecule has 1 aliphatic heterocycles. The number of carboxylic acids is 1. The van der Waals surface area contributed by atoms with Gasteiger partial charge in [0.25, 0.3) is 0 Å². The van der Waals surface area contributed by atoms with Gasteiger partial charge in [-0.1, -0.05) is 57.1 Å². The molecule has 0 saturated heterocycles. The number of nitrogens with one attached hydrogen (secondary N) is 7. The second-order valence-electron chi connectivity index (χ2n) is 21.3. The van der Waals surface area contributed by atoms with E-state index in [1.54, 1.807) is 85.1 Å². The van der Waals surface area contributed by atoms with Crippen LogP contribution in [0.25, 0.3) is 10.9 Å². The number of ether oxygens (including phenoxy) is 3. The average Bonchev–Trinajstić information content (AvgIpc) is 3.59. The van der Waals surface area contributed by atoms with Crippen LogP contribution in [0.15, 0.2) is 18.2 Å². The monoisotopic (exact) mass is 1040 g/mol. The van der Waals surface area contributed by atoms with Crippen molar-refractivity contribution < 1.29 is 67.3 Å². The summed E-state index contributed by atoms with van der Waals surface area (Å²) in [4.78, 5) is 137. The van der Waals surface area contributed by atoms with E-state index in [0.717, 1.165) is 0 Å². The van der Waals surface area contributed by atoms with Crippen molar-refractivity contribution in [3.8, 4) is 0 Å². The largest absolute Gasteiger partial charge is 0.480 e. The Bertz CT molecular complexity index is 2390. The first-order chi connectivity index (χ1) is 33.8. The van der Waals surface area contributed by atoms with Gasteiger partial charge in [-0.25, -0.2) is 14.4 Å². The first-order valence-corrected chi connectivity index (χ1v) is 27.4. The highest BCUT2D eigenvalue weighted by Crippen LogP contribution is 2.37. The zero-order valence-electron chi connectivity index (χ0n) is 44.9. The molecule has 8 N–H and O–H groups in total. The van der Waals surface area contributed by atoms with Crippen molar-refractivity contribution in [2.75, 3.05) is 19.6 Å². The minimum atomic E-state index is -2.76. The van der Waals surface area contributed by atoms with Crippen LogP contribution in [-0.4, -0.2) is 138 Å². The number of hydrogen-bond acceptors (Lipinski definition) is 13. The van der Waals surface area contributed by atoms with E-state index in [1.165, 1.54) is 13.8 Å². The summed E-state index contributed by atoms with van der Waals surface area (Å²) in [5.74, 6) is -8.54. The third-order valence-corrected chi connectivity index (χ3v) is 17.8. The third-order valence-electron chi connectivity index (χ3n) is 12.2. The maximum atomic E-state index is 14.9. The van der Waals surface area contributed by atoms with Gasteiger partial charge >= 0.3 is 24.1 Å². The number of alkyl carbamates (subject to hydrolysis) is 2. The smallest absolute Gasteiger partial charge is 0.408 e. The Kier molecular flexibility index (Phi) is 21.2. The Morgan fingerprint density at radius 1 is 0.795 bits per heavy atom. The minimum Gasteiger partial charge on any atom is -0.480 e. The van der Waals surface area contributed by atoms with Crippen LogP contribution in [0.4, 0.5) is 9.59 Å². The van der Waals surface area contributed by atoms with Gasteiger partial charge in [0, 0.05) is 36.5 Å². The fraction of sp³-hybridized carbons (Fsp3) is 0.640. The summed E-state index contributed by atoms with van der Waals surface area (Å²) >= 11 is 0. The van der Waals surface area contributed by atoms with E-state index in [0.29, 0.717) is 45.5 Å². The number of para-hydroxylation sites is 1. The normalized spacial score (nSPS) is 19.1. The summed E-state index contributed by atoms with van der Waals surface area (Å²) in [5, 5.41) is 29.5. The summed E-state index contributed by atoms with van der Waals surface area (Å²) in [6, 6.07) is 0.747. The van der Waals surface area contributed by atoms with Gasteiger partial charge in [-0.05, 0) is 93.2 Å². The van der Waals surface area contributed by atoms with Crippen LogP contribution in [0.5, 0.6) is 0 Å². The molecule has 0 fully saturated rings. The van der Waals surface area contributed by atoms with Crippen molar-refractivity contribution >= 4 is 83.9 Å². The van der Waals surface area contributed by atoms with Gasteiger partial charge in [0.05, 0.1) is 25.0 Å². The number of rotatable bonds is 14. The Morgan fingerprint density at radius 2 is 1.34 bits per heavy atom. The highest BCUT2D eigenvalue weighted by Gasteiger charge is 2.42. The molecule has 0 spiro atoms. The fourth-order valence-corrected chi connectivity index (χ4v) is 12.9. The lowest BCUT2D eigenvalue weighted by Crippen LogP contribution is -2.57. The molecule has 3 rings (SSSR count). The lowest BCUT2D eigenvalue weighted by atomic mass is 9.85. The van der Waals surface area contributed by atoms with E-state index in [4.69, 9.17) is 14.2 Å². The molecule has 2 aromatic rings. The van der Waals surface area contributed by atoms with E-state index >= 15 is 0 Å². The number of benzene rings is 1. The Balaban J connectivity index is 2.48. The summed E-state index contributed by atoms with van der Waals surface area (Å²) in [5.41, 5.74) is -1.62. The number of amides is 7. The molecule has 22 nitrogen and oxygen atoms in total. The molecule has 1 aromatic carbocycles. The quantitative estimate of drug-likeness (QED) is 0.0583. The Labute approximate surface area is 428 Å². The first-order valence-electron chi connectivity index (χ1n) is 24.8. The summed E-state index contributed by atoms with van der Waals surface area (Å²) < 4.78 is 17.8. The Hall–Kier alpha value is -6.52. The van der Waals surface area contributed by atoms with Crippen molar-refractivity contribution in [1.82, 2.24) is 41.8 Å². The van der Waals surface area contributed by atoms with Crippen LogP contribution < -0.4 is 42.5 Å². The topological polar surface area (TPSA) is 308 Å². The standard InChI is InChI=1S/C50H78N8O14Si/c1-15-73(16-2,17-3)44-33-24-35(45(66)67)56-37(61)26-52-42(64)34(25-38(62)70-48(6,7)8)55-36(60)27-53-43(65)39(57-41(63)28(4)54-47(69)72-50(12,13)14)30(22-19-23-51-46(68)71-49(9,10)11)31-20-18-21-32(33)40(31)58(44)29(5)59/h18,20-21,28,30,34-35,39H,15-17,19,22-27H2,1-14H3,(H,51,68)(H,52,64)(H,53,65)(H,54,69)(H,55,60)(H,56,61)(H,57,63)(H,66,67)/t28-,30+,34-,35-,39-/m0/s1. The van der Waals surface area contributed by atoms with Crippen molar-refractivity contribution in [1.29, 1.82) is 0 Å². The van der Waals surface area contributed by atoms with Crippen molar-refractivity contribution in [3.05, 3.63) is 29.3 Å². The number of carbonyl (C=O) groups is 10. The predicted molar refractivity (Wildman–Crippen MR) is 274 cm³/mol. The predicted octanol–water partition coefficient (Wildman–Crippen LogP) is 3.38. The molecule has 406 valence electrons. The van der Waals surface area contributed by atoms with Gasteiger partial charge < -0.3 is 56.5 Å². The third kappa shape index (κ3) is 17.6. The Morgan fingerprint density at radius 3 is 1.88 bits per heavy atom. The zero-order chi connectivity index (χ0) is 55.4. The molecule has 1 aromatic heterocycles. The SMILES string of the molecule is CC[Si](CC)(CC)c1c2c3cccc(c3n1C(C)=O)[C@@H](CCCNC(=O)OC(C)(C)C)[C@H](NC(=O)[C@H](C)NC(=O)OC(C)(C)C)C(=O)NCC(=O)N[C@@H](CC(=O)OC(C)(C)C)C(=O)NCC(=O)N[C@H](C(=O)O)C2. The molecule has 4 bridgehead atoms. The average molecular weight is 1040 g/mol. The van der Waals surface area contributed by atoms with Crippen LogP contribution >= 0.6 is 0 Å². The summed E-state index contributed by atoms with van der Waals surface area (Å²) in [6.07, 6.45) is -2.53. The maximum Gasteiger partial charge on any atom is 0.408 e. The molecule has 73 heavy (non-hydrogen) atoms. The lowest BCUT2D eigenvalue weighted by molar-refractivity contribution is -0.156. The van der Waals surface area contributed by atoms with E-state index in [-0.39, 0.29) is 25.8 Å². The molecule has 0 saturated carbocycles. The number of nitrogens with zero attached hydrogens (tertiary/aromatic N) is 1. The highest BCUT2D eigenvalue weighted by molar-refractivity contribution is 6.92.